The number of nitrogens with zero attached hydrogens (tertiary/aromatic N) is 1. The molecule has 2 saturated heterocycles. The van der Waals surface area contributed by atoms with Gasteiger partial charge in [-0.05, 0) is 44.3 Å². The van der Waals surface area contributed by atoms with E-state index >= 15 is 0 Å². The Hall–Kier alpha value is 0.0500. The van der Waals surface area contributed by atoms with Crippen LogP contribution in [0.25, 0.3) is 0 Å². The fraction of sp³-hybridized carbons (Fsp3) is 0.583. The number of halogens is 2. The van der Waals surface area contributed by atoms with Crippen LogP contribution in [0.3, 0.4) is 0 Å². The van der Waals surface area contributed by atoms with Crippen LogP contribution in [-0.2, 0) is 9.47 Å². The number of hydrogen-bond donors (Lipinski definition) is 0. The normalized spacial score (nSPS) is 22.1. The molecule has 19 heavy (non-hydrogen) atoms. The lowest BCUT2D eigenvalue weighted by Crippen LogP contribution is -2.51. The molecule has 0 N–H and O–H groups in total. The number of piperidine rings is 1. The summed E-state index contributed by atoms with van der Waals surface area (Å²) >= 11 is 8.35. The summed E-state index contributed by atoms with van der Waals surface area (Å²) < 4.78 is 13.2. The molecule has 4 nitrogen and oxygen atoms in total. The number of carbonyl (C=O) groups is 1. The zero-order valence-electron chi connectivity index (χ0n) is 10.2. The average Bonchev–Trinajstić information content (AvgIpc) is 2.96. The highest BCUT2D eigenvalue weighted by Gasteiger charge is 2.42. The highest BCUT2D eigenvalue weighted by atomic mass is 79.9. The number of amides is 1. The largest absolute Gasteiger partial charge is 0.346 e. The first-order chi connectivity index (χ1) is 9.10. The van der Waals surface area contributed by atoms with E-state index in [0.29, 0.717) is 25.3 Å². The number of hydrogen-bond acceptors (Lipinski definition) is 4. The zero-order chi connectivity index (χ0) is 13.5. The molecule has 0 bridgehead atoms. The predicted octanol–water partition coefficient (Wildman–Crippen LogP) is 3.25. The summed E-state index contributed by atoms with van der Waals surface area (Å²) in [6, 6.07) is 1.86. The third kappa shape index (κ3) is 2.76. The van der Waals surface area contributed by atoms with E-state index in [0.717, 1.165) is 27.0 Å². The molecule has 1 spiro atoms. The highest BCUT2D eigenvalue weighted by molar-refractivity contribution is 9.12. The van der Waals surface area contributed by atoms with Gasteiger partial charge < -0.3 is 14.4 Å². The van der Waals surface area contributed by atoms with E-state index in [1.54, 1.807) is 0 Å². The van der Waals surface area contributed by atoms with Gasteiger partial charge in [0.1, 0.15) is 0 Å². The summed E-state index contributed by atoms with van der Waals surface area (Å²) in [7, 11) is 0. The van der Waals surface area contributed by atoms with Crippen LogP contribution in [0.15, 0.2) is 13.6 Å². The molecule has 0 saturated carbocycles. The third-order valence-electron chi connectivity index (χ3n) is 3.41. The average molecular weight is 411 g/mol. The van der Waals surface area contributed by atoms with Crippen molar-refractivity contribution in [3.05, 3.63) is 19.2 Å². The first-order valence-electron chi connectivity index (χ1n) is 6.12. The van der Waals surface area contributed by atoms with Gasteiger partial charge in [0.05, 0.1) is 32.9 Å². The molecule has 2 fully saturated rings. The SMILES string of the molecule is O=C(c1cc(Br)sc1Br)N1CCCC2(C1)OCCO2. The maximum atomic E-state index is 12.5. The number of thiophene rings is 1. The van der Waals surface area contributed by atoms with Crippen molar-refractivity contribution in [2.24, 2.45) is 0 Å². The lowest BCUT2D eigenvalue weighted by Gasteiger charge is -2.38. The van der Waals surface area contributed by atoms with Crippen molar-refractivity contribution in [3.63, 3.8) is 0 Å². The molecule has 2 aliphatic rings. The van der Waals surface area contributed by atoms with E-state index in [1.807, 2.05) is 11.0 Å². The summed E-state index contributed by atoms with van der Waals surface area (Å²) in [5.41, 5.74) is 0.701. The molecule has 1 amide bonds. The van der Waals surface area contributed by atoms with Gasteiger partial charge in [0.15, 0.2) is 5.79 Å². The van der Waals surface area contributed by atoms with E-state index in [-0.39, 0.29) is 5.91 Å². The number of rotatable bonds is 1. The second kappa shape index (κ2) is 5.44. The monoisotopic (exact) mass is 409 g/mol. The van der Waals surface area contributed by atoms with Crippen LogP contribution in [0, 0.1) is 0 Å². The van der Waals surface area contributed by atoms with Gasteiger partial charge in [0.2, 0.25) is 0 Å². The quantitative estimate of drug-likeness (QED) is 0.713. The molecule has 3 rings (SSSR count). The molecule has 0 atom stereocenters. The van der Waals surface area contributed by atoms with E-state index in [1.165, 1.54) is 11.3 Å². The third-order valence-corrected chi connectivity index (χ3v) is 5.74. The van der Waals surface area contributed by atoms with Crippen molar-refractivity contribution in [1.29, 1.82) is 0 Å². The van der Waals surface area contributed by atoms with Crippen molar-refractivity contribution in [3.8, 4) is 0 Å². The van der Waals surface area contributed by atoms with Crippen LogP contribution in [0.5, 0.6) is 0 Å². The molecule has 0 unspecified atom stereocenters. The molecule has 0 radical (unpaired) electrons. The molecule has 1 aromatic rings. The molecule has 104 valence electrons. The summed E-state index contributed by atoms with van der Waals surface area (Å²) in [4.78, 5) is 14.4. The first-order valence-corrected chi connectivity index (χ1v) is 8.52. The minimum Gasteiger partial charge on any atom is -0.346 e. The summed E-state index contributed by atoms with van der Waals surface area (Å²) in [5.74, 6) is -0.528. The summed E-state index contributed by atoms with van der Waals surface area (Å²) in [6.07, 6.45) is 1.78. The smallest absolute Gasteiger partial charge is 0.256 e. The zero-order valence-corrected chi connectivity index (χ0v) is 14.1. The van der Waals surface area contributed by atoms with Crippen LogP contribution in [-0.4, -0.2) is 42.9 Å². The van der Waals surface area contributed by atoms with Crippen molar-refractivity contribution in [2.45, 2.75) is 18.6 Å². The minimum atomic E-state index is -0.562. The molecular formula is C12H13Br2NO3S. The van der Waals surface area contributed by atoms with Crippen LogP contribution in [0.4, 0.5) is 0 Å². The van der Waals surface area contributed by atoms with Gasteiger partial charge in [-0.2, -0.15) is 0 Å². The lowest BCUT2D eigenvalue weighted by molar-refractivity contribution is -0.183. The Bertz CT molecular complexity index is 499. The van der Waals surface area contributed by atoms with Crippen molar-refractivity contribution in [1.82, 2.24) is 4.90 Å². The van der Waals surface area contributed by atoms with Crippen LogP contribution >= 0.6 is 43.2 Å². The standard InChI is InChI=1S/C12H13Br2NO3S/c13-9-6-8(10(14)19-9)11(16)15-3-1-2-12(7-15)17-4-5-18-12/h6H,1-5,7H2. The number of ether oxygens (including phenoxy) is 2. The van der Waals surface area contributed by atoms with Gasteiger partial charge in [0, 0.05) is 13.0 Å². The second-order valence-corrected chi connectivity index (χ2v) is 8.43. The van der Waals surface area contributed by atoms with E-state index in [2.05, 4.69) is 31.9 Å². The Labute approximate surface area is 132 Å². The Morgan fingerprint density at radius 3 is 2.74 bits per heavy atom. The summed E-state index contributed by atoms with van der Waals surface area (Å²) in [6.45, 7) is 2.52. The van der Waals surface area contributed by atoms with Crippen molar-refractivity contribution >= 4 is 49.1 Å². The molecule has 0 aliphatic carbocycles. The van der Waals surface area contributed by atoms with Crippen molar-refractivity contribution < 1.29 is 14.3 Å². The maximum Gasteiger partial charge on any atom is 0.256 e. The van der Waals surface area contributed by atoms with Gasteiger partial charge >= 0.3 is 0 Å². The molecule has 1 aromatic heterocycles. The fourth-order valence-electron chi connectivity index (χ4n) is 2.55. The minimum absolute atomic E-state index is 0.0343. The molecule has 7 heteroatoms. The predicted molar refractivity (Wildman–Crippen MR) is 79.5 cm³/mol. The van der Waals surface area contributed by atoms with E-state index in [9.17, 15) is 4.79 Å². The molecule has 0 aromatic carbocycles. The van der Waals surface area contributed by atoms with E-state index in [4.69, 9.17) is 9.47 Å². The molecular weight excluding hydrogens is 398 g/mol. The van der Waals surface area contributed by atoms with Gasteiger partial charge in [-0.25, -0.2) is 0 Å². The number of carbonyl (C=O) groups excluding carboxylic acids is 1. The van der Waals surface area contributed by atoms with E-state index < -0.39 is 5.79 Å². The maximum absolute atomic E-state index is 12.5. The Kier molecular flexibility index (Phi) is 4.01. The number of likely N-dealkylation sites (tertiary alicyclic amines) is 1. The fourth-order valence-corrected chi connectivity index (χ4v) is 5.33. The molecule has 2 aliphatic heterocycles. The summed E-state index contributed by atoms with van der Waals surface area (Å²) in [5, 5.41) is 0. The van der Waals surface area contributed by atoms with Gasteiger partial charge in [-0.15, -0.1) is 11.3 Å². The van der Waals surface area contributed by atoms with Crippen LogP contribution < -0.4 is 0 Å². The molecule has 3 heterocycles. The topological polar surface area (TPSA) is 38.8 Å². The lowest BCUT2D eigenvalue weighted by atomic mass is 10.0. The van der Waals surface area contributed by atoms with Crippen LogP contribution in [0.1, 0.15) is 23.2 Å². The van der Waals surface area contributed by atoms with Crippen molar-refractivity contribution in [2.75, 3.05) is 26.3 Å². The first kappa shape index (κ1) is 14.0. The van der Waals surface area contributed by atoms with Gasteiger partial charge in [-0.1, -0.05) is 0 Å². The highest BCUT2D eigenvalue weighted by Crippen LogP contribution is 2.35. The second-order valence-electron chi connectivity index (χ2n) is 4.68. The van der Waals surface area contributed by atoms with Gasteiger partial charge in [0.25, 0.3) is 5.91 Å². The Morgan fingerprint density at radius 1 is 1.37 bits per heavy atom. The van der Waals surface area contributed by atoms with Crippen LogP contribution in [0.2, 0.25) is 0 Å². The van der Waals surface area contributed by atoms with Gasteiger partial charge in [-0.3, -0.25) is 4.79 Å². The Balaban J connectivity index is 1.78. The Morgan fingerprint density at radius 2 is 2.11 bits per heavy atom.